The van der Waals surface area contributed by atoms with Crippen molar-refractivity contribution in [2.24, 2.45) is 10.9 Å². The van der Waals surface area contributed by atoms with Crippen LogP contribution in [-0.2, 0) is 9.53 Å². The molecule has 1 fully saturated rings. The van der Waals surface area contributed by atoms with Crippen LogP contribution in [0.3, 0.4) is 0 Å². The van der Waals surface area contributed by atoms with Crippen LogP contribution < -0.4 is 5.32 Å². The lowest BCUT2D eigenvalue weighted by molar-refractivity contribution is -0.149. The Morgan fingerprint density at radius 3 is 2.24 bits per heavy atom. The lowest BCUT2D eigenvalue weighted by atomic mass is 9.97. The largest absolute Gasteiger partial charge is 0.466 e. The summed E-state index contributed by atoms with van der Waals surface area (Å²) in [5.41, 5.74) is 0. The molecule has 0 atom stereocenters. The number of aliphatic imine (C=N–C) groups is 1. The summed E-state index contributed by atoms with van der Waals surface area (Å²) in [5, 5.41) is 3.47. The van der Waals surface area contributed by atoms with E-state index in [1.807, 2.05) is 14.0 Å². The van der Waals surface area contributed by atoms with Gasteiger partial charge in [0.25, 0.3) is 0 Å². The van der Waals surface area contributed by atoms with Gasteiger partial charge in [-0.1, -0.05) is 0 Å². The number of likely N-dealkylation sites (tertiary alicyclic amines) is 1. The molecule has 0 radical (unpaired) electrons. The molecule has 0 amide bonds. The first-order valence-electron chi connectivity index (χ1n) is 9.28. The highest BCUT2D eigenvalue weighted by atomic mass is 127. The first-order valence-corrected chi connectivity index (χ1v) is 9.28. The minimum absolute atomic E-state index is 0. The molecule has 0 aromatic heterocycles. The summed E-state index contributed by atoms with van der Waals surface area (Å²) in [4.78, 5) is 20.9. The van der Waals surface area contributed by atoms with Gasteiger partial charge in [-0.25, -0.2) is 0 Å². The molecule has 0 aromatic rings. The lowest BCUT2D eigenvalue weighted by Gasteiger charge is -2.34. The number of rotatable bonds is 7. The van der Waals surface area contributed by atoms with Gasteiger partial charge in [-0.2, -0.15) is 0 Å². The van der Waals surface area contributed by atoms with Gasteiger partial charge in [0, 0.05) is 45.3 Å². The molecule has 0 saturated carbocycles. The SMILES string of the molecule is CCOC(=O)C1CCN(C(=NC)NCCN(C(C)C)C(C)C)CC1.I. The number of esters is 1. The van der Waals surface area contributed by atoms with Crippen LogP contribution in [-0.4, -0.2) is 73.6 Å². The molecular formula is C18H37IN4O2. The maximum Gasteiger partial charge on any atom is 0.309 e. The minimum Gasteiger partial charge on any atom is -0.466 e. The van der Waals surface area contributed by atoms with E-state index in [9.17, 15) is 4.79 Å². The van der Waals surface area contributed by atoms with Crippen molar-refractivity contribution in [1.82, 2.24) is 15.1 Å². The van der Waals surface area contributed by atoms with Gasteiger partial charge < -0.3 is 15.0 Å². The van der Waals surface area contributed by atoms with Crippen molar-refractivity contribution in [1.29, 1.82) is 0 Å². The Bertz CT molecular complexity index is 400. The van der Waals surface area contributed by atoms with Gasteiger partial charge in [0.2, 0.25) is 0 Å². The number of guanidine groups is 1. The number of nitrogens with one attached hydrogen (secondary N) is 1. The topological polar surface area (TPSA) is 57.2 Å². The summed E-state index contributed by atoms with van der Waals surface area (Å²) < 4.78 is 5.13. The second kappa shape index (κ2) is 12.7. The number of hydrogen-bond acceptors (Lipinski definition) is 4. The second-order valence-corrected chi connectivity index (χ2v) is 6.91. The van der Waals surface area contributed by atoms with Crippen LogP contribution in [0.4, 0.5) is 0 Å². The predicted molar refractivity (Wildman–Crippen MR) is 115 cm³/mol. The third-order valence-electron chi connectivity index (χ3n) is 4.61. The summed E-state index contributed by atoms with van der Waals surface area (Å²) in [7, 11) is 1.82. The normalized spacial score (nSPS) is 16.4. The fourth-order valence-electron chi connectivity index (χ4n) is 3.33. The molecule has 0 unspecified atom stereocenters. The highest BCUT2D eigenvalue weighted by Crippen LogP contribution is 2.18. The zero-order valence-electron chi connectivity index (χ0n) is 16.7. The lowest BCUT2D eigenvalue weighted by Crippen LogP contribution is -2.49. The van der Waals surface area contributed by atoms with E-state index in [1.54, 1.807) is 0 Å². The third kappa shape index (κ3) is 8.11. The minimum atomic E-state index is -0.0513. The second-order valence-electron chi connectivity index (χ2n) is 6.91. The van der Waals surface area contributed by atoms with Crippen molar-refractivity contribution in [2.75, 3.05) is 39.8 Å². The zero-order chi connectivity index (χ0) is 18.1. The van der Waals surface area contributed by atoms with E-state index in [-0.39, 0.29) is 35.9 Å². The maximum atomic E-state index is 11.8. The average Bonchev–Trinajstić information content (AvgIpc) is 2.54. The molecule has 0 bridgehead atoms. The van der Waals surface area contributed by atoms with Crippen LogP contribution in [0, 0.1) is 5.92 Å². The Labute approximate surface area is 170 Å². The van der Waals surface area contributed by atoms with E-state index in [0.717, 1.165) is 45.0 Å². The van der Waals surface area contributed by atoms with Crippen molar-refractivity contribution in [3.8, 4) is 0 Å². The van der Waals surface area contributed by atoms with Crippen LogP contribution in [0.1, 0.15) is 47.5 Å². The van der Waals surface area contributed by atoms with Crippen LogP contribution in [0.2, 0.25) is 0 Å². The smallest absolute Gasteiger partial charge is 0.309 e. The van der Waals surface area contributed by atoms with Crippen molar-refractivity contribution in [3.05, 3.63) is 0 Å². The molecule has 1 rings (SSSR count). The molecule has 7 heteroatoms. The standard InChI is InChI=1S/C18H36N4O2.HI/c1-7-24-17(23)16-8-11-21(12-9-16)18(19-6)20-10-13-22(14(2)3)15(4)5;/h14-16H,7-13H2,1-6H3,(H,19,20);1H. The van der Waals surface area contributed by atoms with Crippen molar-refractivity contribution >= 4 is 35.9 Å². The van der Waals surface area contributed by atoms with E-state index in [0.29, 0.717) is 18.7 Å². The molecule has 1 aliphatic heterocycles. The molecule has 1 N–H and O–H groups in total. The van der Waals surface area contributed by atoms with Gasteiger partial charge in [0.15, 0.2) is 5.96 Å². The number of hydrogen-bond donors (Lipinski definition) is 1. The molecule has 1 aliphatic rings. The molecule has 6 nitrogen and oxygen atoms in total. The Balaban J connectivity index is 0.00000576. The van der Waals surface area contributed by atoms with E-state index < -0.39 is 0 Å². The Hall–Kier alpha value is -0.570. The average molecular weight is 468 g/mol. The maximum absolute atomic E-state index is 11.8. The number of nitrogens with zero attached hydrogens (tertiary/aromatic N) is 3. The summed E-state index contributed by atoms with van der Waals surface area (Å²) >= 11 is 0. The van der Waals surface area contributed by atoms with Crippen LogP contribution in [0.5, 0.6) is 0 Å². The third-order valence-corrected chi connectivity index (χ3v) is 4.61. The number of ether oxygens (including phenoxy) is 1. The molecule has 0 aromatic carbocycles. The van der Waals surface area contributed by atoms with Gasteiger partial charge >= 0.3 is 5.97 Å². The number of piperidine rings is 1. The Morgan fingerprint density at radius 1 is 1.24 bits per heavy atom. The Morgan fingerprint density at radius 2 is 1.80 bits per heavy atom. The van der Waals surface area contributed by atoms with Crippen molar-refractivity contribution in [3.63, 3.8) is 0 Å². The predicted octanol–water partition coefficient (Wildman–Crippen LogP) is 2.57. The highest BCUT2D eigenvalue weighted by molar-refractivity contribution is 14.0. The summed E-state index contributed by atoms with van der Waals surface area (Å²) in [6.07, 6.45) is 1.67. The molecule has 148 valence electrons. The first-order chi connectivity index (χ1) is 11.4. The van der Waals surface area contributed by atoms with Crippen molar-refractivity contribution in [2.45, 2.75) is 59.5 Å². The van der Waals surface area contributed by atoms with E-state index >= 15 is 0 Å². The molecule has 0 spiro atoms. The zero-order valence-corrected chi connectivity index (χ0v) is 19.1. The van der Waals surface area contributed by atoms with Crippen molar-refractivity contribution < 1.29 is 9.53 Å². The number of carbonyl (C=O) groups is 1. The van der Waals surface area contributed by atoms with Gasteiger partial charge in [0.1, 0.15) is 0 Å². The fourth-order valence-corrected chi connectivity index (χ4v) is 3.33. The van der Waals surface area contributed by atoms with Crippen LogP contribution >= 0.6 is 24.0 Å². The summed E-state index contributed by atoms with van der Waals surface area (Å²) in [6.45, 7) is 14.8. The highest BCUT2D eigenvalue weighted by Gasteiger charge is 2.27. The summed E-state index contributed by atoms with van der Waals surface area (Å²) in [6, 6.07) is 1.07. The van der Waals surface area contributed by atoms with Gasteiger partial charge in [0.05, 0.1) is 12.5 Å². The Kier molecular flexibility index (Phi) is 12.4. The molecule has 0 aliphatic carbocycles. The number of halogens is 1. The molecular weight excluding hydrogens is 431 g/mol. The molecule has 25 heavy (non-hydrogen) atoms. The molecule has 1 saturated heterocycles. The van der Waals surface area contributed by atoms with Gasteiger partial charge in [-0.15, -0.1) is 24.0 Å². The van der Waals surface area contributed by atoms with E-state index in [2.05, 4.69) is 47.8 Å². The van der Waals surface area contributed by atoms with E-state index in [1.165, 1.54) is 0 Å². The number of carbonyl (C=O) groups excluding carboxylic acids is 1. The quantitative estimate of drug-likeness (QED) is 0.270. The van der Waals surface area contributed by atoms with Gasteiger partial charge in [-0.3, -0.25) is 14.7 Å². The van der Waals surface area contributed by atoms with E-state index in [4.69, 9.17) is 4.74 Å². The monoisotopic (exact) mass is 468 g/mol. The van der Waals surface area contributed by atoms with Gasteiger partial charge in [-0.05, 0) is 47.5 Å². The molecule has 1 heterocycles. The summed E-state index contributed by atoms with van der Waals surface area (Å²) in [5.74, 6) is 0.922. The van der Waals surface area contributed by atoms with Crippen LogP contribution in [0.25, 0.3) is 0 Å². The fraction of sp³-hybridized carbons (Fsp3) is 0.889. The van der Waals surface area contributed by atoms with Crippen LogP contribution in [0.15, 0.2) is 4.99 Å². The first kappa shape index (κ1) is 24.4.